The van der Waals surface area contributed by atoms with Gasteiger partial charge in [0, 0.05) is 18.3 Å². The molecule has 2 rings (SSSR count). The molecule has 0 unspecified atom stereocenters. The number of para-hydroxylation sites is 1. The topological polar surface area (TPSA) is 71.5 Å². The third kappa shape index (κ3) is 1.99. The molecule has 2 aromatic rings. The summed E-state index contributed by atoms with van der Waals surface area (Å²) in [5.41, 5.74) is 5.99. The first-order chi connectivity index (χ1) is 7.68. The molecule has 0 spiro atoms. The lowest BCUT2D eigenvalue weighted by Gasteiger charge is -2.12. The molecule has 0 aliphatic carbocycles. The minimum atomic E-state index is -0.837. The van der Waals surface area contributed by atoms with Crippen molar-refractivity contribution in [3.05, 3.63) is 36.5 Å². The van der Waals surface area contributed by atoms with Crippen LogP contribution in [0, 0.1) is 0 Å². The van der Waals surface area contributed by atoms with Crippen LogP contribution >= 0.6 is 0 Å². The lowest BCUT2D eigenvalue weighted by Crippen LogP contribution is -2.34. The highest BCUT2D eigenvalue weighted by Crippen LogP contribution is 2.14. The Bertz CT molecular complexity index is 507. The van der Waals surface area contributed by atoms with Crippen molar-refractivity contribution in [1.29, 1.82) is 0 Å². The Morgan fingerprint density at radius 1 is 1.38 bits per heavy atom. The van der Waals surface area contributed by atoms with Gasteiger partial charge in [-0.05, 0) is 17.5 Å². The number of hydrogen-bond acceptors (Lipinski definition) is 2. The Labute approximate surface area is 92.6 Å². The van der Waals surface area contributed by atoms with Crippen molar-refractivity contribution in [2.45, 2.75) is 6.54 Å². The summed E-state index contributed by atoms with van der Waals surface area (Å²) >= 11 is 0. The normalized spacial score (nSPS) is 10.6. The summed E-state index contributed by atoms with van der Waals surface area (Å²) in [5.74, 6) is 0. The molecule has 0 fully saturated rings. The van der Waals surface area contributed by atoms with Crippen LogP contribution in [-0.4, -0.2) is 27.4 Å². The minimum absolute atomic E-state index is 0.175. The molecule has 84 valence electrons. The standard InChI is InChI=1S/C11H13N3O2/c12-11(15)14(16)8-7-13-6-5-9-3-1-2-4-10(9)13/h1-6,16H,7-8H2,(H2,12,15). The molecule has 0 saturated heterocycles. The molecule has 0 atom stereocenters. The summed E-state index contributed by atoms with van der Waals surface area (Å²) in [6, 6.07) is 9.06. The van der Waals surface area contributed by atoms with Crippen molar-refractivity contribution in [3.63, 3.8) is 0 Å². The highest BCUT2D eigenvalue weighted by molar-refractivity contribution is 5.79. The summed E-state index contributed by atoms with van der Waals surface area (Å²) in [7, 11) is 0. The van der Waals surface area contributed by atoms with E-state index in [1.54, 1.807) is 0 Å². The van der Waals surface area contributed by atoms with Gasteiger partial charge < -0.3 is 10.3 Å². The van der Waals surface area contributed by atoms with Gasteiger partial charge in [-0.25, -0.2) is 9.86 Å². The predicted octanol–water partition coefficient (Wildman–Crippen LogP) is 1.41. The zero-order valence-corrected chi connectivity index (χ0v) is 8.71. The van der Waals surface area contributed by atoms with Crippen molar-refractivity contribution >= 4 is 16.9 Å². The largest absolute Gasteiger partial charge is 0.350 e. The molecule has 0 radical (unpaired) electrons. The van der Waals surface area contributed by atoms with Gasteiger partial charge in [-0.3, -0.25) is 5.21 Å². The fourth-order valence-electron chi connectivity index (χ4n) is 1.65. The molecule has 0 aliphatic heterocycles. The number of nitrogens with two attached hydrogens (primary N) is 1. The van der Waals surface area contributed by atoms with E-state index in [1.807, 2.05) is 41.1 Å². The van der Waals surface area contributed by atoms with E-state index in [4.69, 9.17) is 10.9 Å². The highest BCUT2D eigenvalue weighted by atomic mass is 16.5. The second-order valence-electron chi connectivity index (χ2n) is 3.53. The number of nitrogens with zero attached hydrogens (tertiary/aromatic N) is 2. The number of hydroxylamine groups is 2. The fourth-order valence-corrected chi connectivity index (χ4v) is 1.65. The van der Waals surface area contributed by atoms with Gasteiger partial charge >= 0.3 is 6.03 Å². The van der Waals surface area contributed by atoms with E-state index in [-0.39, 0.29) is 6.54 Å². The molecule has 1 aromatic heterocycles. The Hall–Kier alpha value is -2.01. The lowest BCUT2D eigenvalue weighted by atomic mass is 10.2. The SMILES string of the molecule is NC(=O)N(O)CCn1ccc2ccccc21. The first-order valence-corrected chi connectivity index (χ1v) is 4.98. The van der Waals surface area contributed by atoms with Crippen molar-refractivity contribution in [2.75, 3.05) is 6.54 Å². The summed E-state index contributed by atoms with van der Waals surface area (Å²) < 4.78 is 1.96. The van der Waals surface area contributed by atoms with E-state index in [1.165, 1.54) is 0 Å². The smallest absolute Gasteiger partial charge is 0.338 e. The van der Waals surface area contributed by atoms with Crippen LogP contribution in [-0.2, 0) is 6.54 Å². The summed E-state index contributed by atoms with van der Waals surface area (Å²) in [6.45, 7) is 0.682. The van der Waals surface area contributed by atoms with E-state index >= 15 is 0 Å². The van der Waals surface area contributed by atoms with Gasteiger partial charge in [0.05, 0.1) is 6.54 Å². The van der Waals surface area contributed by atoms with Crippen LogP contribution in [0.3, 0.4) is 0 Å². The van der Waals surface area contributed by atoms with E-state index < -0.39 is 6.03 Å². The summed E-state index contributed by atoms with van der Waals surface area (Å²) in [4.78, 5) is 10.6. The average Bonchev–Trinajstić information content (AvgIpc) is 2.69. The van der Waals surface area contributed by atoms with Gasteiger partial charge in [0.2, 0.25) is 0 Å². The lowest BCUT2D eigenvalue weighted by molar-refractivity contribution is -0.0413. The van der Waals surface area contributed by atoms with Crippen molar-refractivity contribution in [3.8, 4) is 0 Å². The van der Waals surface area contributed by atoms with Crippen molar-refractivity contribution in [1.82, 2.24) is 9.63 Å². The number of hydrogen-bond donors (Lipinski definition) is 2. The van der Waals surface area contributed by atoms with Crippen LogP contribution in [0.2, 0.25) is 0 Å². The molecule has 3 N–H and O–H groups in total. The van der Waals surface area contributed by atoms with Gasteiger partial charge in [-0.2, -0.15) is 0 Å². The number of benzene rings is 1. The second-order valence-corrected chi connectivity index (χ2v) is 3.53. The first-order valence-electron chi connectivity index (χ1n) is 4.98. The van der Waals surface area contributed by atoms with E-state index in [0.717, 1.165) is 10.9 Å². The van der Waals surface area contributed by atoms with Crippen LogP contribution in [0.1, 0.15) is 0 Å². The molecule has 0 bridgehead atoms. The first kappa shape index (κ1) is 10.5. The number of rotatable bonds is 3. The number of fused-ring (bicyclic) bond motifs is 1. The maximum absolute atomic E-state index is 10.6. The monoisotopic (exact) mass is 219 g/mol. The van der Waals surface area contributed by atoms with Crippen LogP contribution < -0.4 is 5.73 Å². The Morgan fingerprint density at radius 2 is 2.12 bits per heavy atom. The minimum Gasteiger partial charge on any atom is -0.350 e. The van der Waals surface area contributed by atoms with Crippen LogP contribution in [0.25, 0.3) is 10.9 Å². The zero-order chi connectivity index (χ0) is 11.5. The number of aromatic nitrogens is 1. The number of primary amides is 1. The number of carbonyl (C=O) groups excluding carboxylic acids is 1. The summed E-state index contributed by atoms with van der Waals surface area (Å²) in [6.07, 6.45) is 1.92. The van der Waals surface area contributed by atoms with Crippen molar-refractivity contribution in [2.24, 2.45) is 5.73 Å². The molecular weight excluding hydrogens is 206 g/mol. The Morgan fingerprint density at radius 3 is 2.88 bits per heavy atom. The third-order valence-corrected chi connectivity index (χ3v) is 2.49. The van der Waals surface area contributed by atoms with E-state index in [0.29, 0.717) is 11.6 Å². The second kappa shape index (κ2) is 4.24. The van der Waals surface area contributed by atoms with Crippen LogP contribution in [0.5, 0.6) is 0 Å². The van der Waals surface area contributed by atoms with Crippen LogP contribution in [0.4, 0.5) is 4.79 Å². The molecule has 2 amide bonds. The van der Waals surface area contributed by atoms with Gasteiger partial charge in [0.25, 0.3) is 0 Å². The average molecular weight is 219 g/mol. The maximum atomic E-state index is 10.6. The zero-order valence-electron chi connectivity index (χ0n) is 8.71. The van der Waals surface area contributed by atoms with E-state index in [2.05, 4.69) is 0 Å². The fraction of sp³-hybridized carbons (Fsp3) is 0.182. The molecule has 1 aromatic carbocycles. The maximum Gasteiger partial charge on any atom is 0.338 e. The summed E-state index contributed by atoms with van der Waals surface area (Å²) in [5, 5.41) is 10.8. The molecular formula is C11H13N3O2. The molecule has 0 saturated carbocycles. The molecule has 0 aliphatic rings. The van der Waals surface area contributed by atoms with Gasteiger partial charge in [-0.15, -0.1) is 0 Å². The number of urea groups is 1. The van der Waals surface area contributed by atoms with E-state index in [9.17, 15) is 4.79 Å². The molecule has 5 nitrogen and oxygen atoms in total. The number of amides is 2. The van der Waals surface area contributed by atoms with Gasteiger partial charge in [-0.1, -0.05) is 18.2 Å². The van der Waals surface area contributed by atoms with Gasteiger partial charge in [0.15, 0.2) is 0 Å². The highest BCUT2D eigenvalue weighted by Gasteiger charge is 2.06. The van der Waals surface area contributed by atoms with Crippen molar-refractivity contribution < 1.29 is 10.0 Å². The molecule has 5 heteroatoms. The quantitative estimate of drug-likeness (QED) is 0.605. The van der Waals surface area contributed by atoms with Gasteiger partial charge in [0.1, 0.15) is 0 Å². The Balaban J connectivity index is 2.13. The van der Waals surface area contributed by atoms with Crippen LogP contribution in [0.15, 0.2) is 36.5 Å². The number of carbonyl (C=O) groups is 1. The Kier molecular flexibility index (Phi) is 2.78. The molecule has 16 heavy (non-hydrogen) atoms. The third-order valence-electron chi connectivity index (χ3n) is 2.49. The molecule has 1 heterocycles. The predicted molar refractivity (Wildman–Crippen MR) is 60.0 cm³/mol.